The smallest absolute Gasteiger partial charge is 0.0970 e. The van der Waals surface area contributed by atoms with Gasteiger partial charge in [0.15, 0.2) is 0 Å². The van der Waals surface area contributed by atoms with Crippen molar-refractivity contribution in [1.29, 1.82) is 0 Å². The Kier molecular flexibility index (Phi) is 0.842. The van der Waals surface area contributed by atoms with Gasteiger partial charge >= 0.3 is 0 Å². The van der Waals surface area contributed by atoms with Gasteiger partial charge in [0.25, 0.3) is 0 Å². The van der Waals surface area contributed by atoms with Crippen molar-refractivity contribution in [3.05, 3.63) is 41.2 Å². The molecule has 2 rings (SSSR count). The van der Waals surface area contributed by atoms with E-state index in [2.05, 4.69) is 26.0 Å². The Bertz CT molecular complexity index is 640. The highest BCUT2D eigenvalue weighted by atomic mass is 79.9. The first kappa shape index (κ1) is 3.30. The van der Waals surface area contributed by atoms with Crippen LogP contribution in [-0.2, 0) is 0 Å². The fraction of sp³-hybridized carbons (Fsp3) is 0. The molecule has 2 heterocycles. The lowest BCUT2D eigenvalue weighted by Crippen LogP contribution is -1.95. The van der Waals surface area contributed by atoms with Crippen molar-refractivity contribution in [2.24, 2.45) is 0 Å². The molecular formula is C8H6BrN3. The van der Waals surface area contributed by atoms with Gasteiger partial charge in [-0.15, -0.1) is 0 Å². The summed E-state index contributed by atoms with van der Waals surface area (Å²) in [4.78, 5) is 3.54. The highest BCUT2D eigenvalue weighted by molar-refractivity contribution is 9.10. The maximum Gasteiger partial charge on any atom is 0.0970 e. The van der Waals surface area contributed by atoms with Crippen LogP contribution in [0.1, 0.15) is 8.22 Å². The van der Waals surface area contributed by atoms with Crippen LogP contribution in [0.15, 0.2) is 41.2 Å². The molecule has 0 saturated carbocycles. The third-order valence-electron chi connectivity index (χ3n) is 1.17. The molecule has 0 N–H and O–H groups in total. The topological polar surface area (TPSA) is 30.7 Å². The van der Waals surface area contributed by atoms with Crippen molar-refractivity contribution in [2.75, 3.05) is 0 Å². The molecule has 12 heavy (non-hydrogen) atoms. The number of pyridine rings is 1. The third-order valence-corrected chi connectivity index (χ3v) is 1.74. The monoisotopic (exact) mass is 229 g/mol. The van der Waals surface area contributed by atoms with Crippen molar-refractivity contribution < 1.29 is 8.22 Å². The second-order valence-corrected chi connectivity index (χ2v) is 2.68. The van der Waals surface area contributed by atoms with Gasteiger partial charge in [0.05, 0.1) is 20.1 Å². The quantitative estimate of drug-likeness (QED) is 0.750. The zero-order chi connectivity index (χ0) is 13.6. The summed E-state index contributed by atoms with van der Waals surface area (Å²) >= 11 is 3.05. The Hall–Kier alpha value is -1.16. The van der Waals surface area contributed by atoms with Gasteiger partial charge in [0.2, 0.25) is 0 Å². The molecule has 0 aliphatic heterocycles. The maximum atomic E-state index is 7.65. The van der Waals surface area contributed by atoms with E-state index in [1.54, 1.807) is 0 Å². The largest absolute Gasteiger partial charge is 0.262 e. The molecule has 3 nitrogen and oxygen atoms in total. The lowest BCUT2D eigenvalue weighted by Gasteiger charge is -2.01. The normalized spacial score (nSPS) is 17.1. The first-order chi connectivity index (χ1) is 8.34. The van der Waals surface area contributed by atoms with Gasteiger partial charge in [-0.3, -0.25) is 4.98 Å². The number of hydrogen-bond donors (Lipinski definition) is 0. The fourth-order valence-electron chi connectivity index (χ4n) is 0.690. The summed E-state index contributed by atoms with van der Waals surface area (Å²) in [5, 5.41) is 3.65. The molecule has 4 heteroatoms. The Morgan fingerprint density at radius 2 is 2.42 bits per heavy atom. The van der Waals surface area contributed by atoms with Crippen molar-refractivity contribution in [1.82, 2.24) is 14.8 Å². The van der Waals surface area contributed by atoms with Crippen LogP contribution < -0.4 is 0 Å². The van der Waals surface area contributed by atoms with Crippen LogP contribution in [0.4, 0.5) is 0 Å². The zero-order valence-corrected chi connectivity index (χ0v) is 7.31. The van der Waals surface area contributed by atoms with E-state index in [4.69, 9.17) is 8.22 Å². The molecule has 0 radical (unpaired) electrons. The lowest BCUT2D eigenvalue weighted by molar-refractivity contribution is 0.869. The van der Waals surface area contributed by atoms with Crippen LogP contribution >= 0.6 is 15.9 Å². The second-order valence-electron chi connectivity index (χ2n) is 1.88. The summed E-state index contributed by atoms with van der Waals surface area (Å²) in [6.07, 6.45) is -1.48. The van der Waals surface area contributed by atoms with E-state index in [0.29, 0.717) is 0 Å². The Morgan fingerprint density at radius 1 is 1.50 bits per heavy atom. The number of halogens is 1. The minimum Gasteiger partial charge on any atom is -0.262 e. The minimum absolute atomic E-state index is 0.0204. The van der Waals surface area contributed by atoms with E-state index in [1.807, 2.05) is 0 Å². The lowest BCUT2D eigenvalue weighted by atomic mass is 10.4. The number of nitrogens with zero attached hydrogens (tertiary/aromatic N) is 3. The number of aromatic nitrogens is 3. The van der Waals surface area contributed by atoms with E-state index in [-0.39, 0.29) is 40.8 Å². The fourth-order valence-corrected chi connectivity index (χ4v) is 1.04. The summed E-state index contributed by atoms with van der Waals surface area (Å²) in [7, 11) is 0. The Labute approximate surface area is 86.6 Å². The second kappa shape index (κ2) is 3.06. The Balaban J connectivity index is 2.79. The SMILES string of the molecule is [2H]c1nc([2H])c(-n2nc([2H])c([2H])c2[2H])c(Br)c1[2H]. The predicted octanol–water partition coefficient (Wildman–Crippen LogP) is 2.03. The van der Waals surface area contributed by atoms with Crippen LogP contribution in [0.5, 0.6) is 0 Å². The summed E-state index contributed by atoms with van der Waals surface area (Å²) in [5.41, 5.74) is -0.0204. The molecule has 0 fully saturated rings. The van der Waals surface area contributed by atoms with E-state index in [0.717, 1.165) is 4.68 Å². The number of hydrogen-bond acceptors (Lipinski definition) is 2. The van der Waals surface area contributed by atoms with E-state index < -0.39 is 6.17 Å². The molecule has 0 unspecified atom stereocenters. The van der Waals surface area contributed by atoms with Crippen LogP contribution in [0.25, 0.3) is 5.69 Å². The summed E-state index contributed by atoms with van der Waals surface area (Å²) in [6, 6.07) is -0.614. The van der Waals surface area contributed by atoms with Crippen LogP contribution in [0, 0.1) is 0 Å². The Morgan fingerprint density at radius 3 is 3.17 bits per heavy atom. The molecule has 0 aliphatic rings. The van der Waals surface area contributed by atoms with Crippen LogP contribution in [0.2, 0.25) is 0 Å². The molecule has 2 aromatic rings. The van der Waals surface area contributed by atoms with Crippen molar-refractivity contribution in [3.8, 4) is 5.69 Å². The van der Waals surface area contributed by atoms with Gasteiger partial charge < -0.3 is 0 Å². The molecule has 0 bridgehead atoms. The van der Waals surface area contributed by atoms with Gasteiger partial charge in [0.1, 0.15) is 0 Å². The van der Waals surface area contributed by atoms with Crippen molar-refractivity contribution in [3.63, 3.8) is 0 Å². The summed E-state index contributed by atoms with van der Waals surface area (Å²) in [5.74, 6) is 0. The molecule has 0 spiro atoms. The average Bonchev–Trinajstić information content (AvgIpc) is 2.55. The number of rotatable bonds is 1. The third kappa shape index (κ3) is 1.25. The maximum absolute atomic E-state index is 7.65. The standard InChI is InChI=1S/C8H6BrN3/c9-7-2-4-10-6-8(7)12-5-1-3-11-12/h1-6H/i1D,2D,3D,4D,5D,6D. The van der Waals surface area contributed by atoms with E-state index >= 15 is 0 Å². The molecular weight excluding hydrogens is 218 g/mol. The molecule has 2 aromatic heterocycles. The van der Waals surface area contributed by atoms with Gasteiger partial charge in [-0.2, -0.15) is 5.10 Å². The van der Waals surface area contributed by atoms with Gasteiger partial charge in [-0.25, -0.2) is 4.68 Å². The predicted molar refractivity (Wildman–Crippen MR) is 49.1 cm³/mol. The van der Waals surface area contributed by atoms with Crippen LogP contribution in [-0.4, -0.2) is 14.8 Å². The van der Waals surface area contributed by atoms with Gasteiger partial charge in [0, 0.05) is 23.0 Å². The van der Waals surface area contributed by atoms with Crippen molar-refractivity contribution in [2.45, 2.75) is 0 Å². The zero-order valence-electron chi connectivity index (χ0n) is 11.7. The molecule has 0 atom stereocenters. The highest BCUT2D eigenvalue weighted by Gasteiger charge is 1.99. The highest BCUT2D eigenvalue weighted by Crippen LogP contribution is 2.17. The molecule has 0 saturated heterocycles. The first-order valence-corrected chi connectivity index (χ1v) is 3.80. The first-order valence-electron chi connectivity index (χ1n) is 6.01. The molecule has 0 amide bonds. The van der Waals surface area contributed by atoms with E-state index in [9.17, 15) is 0 Å². The minimum atomic E-state index is -0.396. The average molecular weight is 230 g/mol. The van der Waals surface area contributed by atoms with Crippen molar-refractivity contribution >= 4 is 15.9 Å². The molecule has 0 aliphatic carbocycles. The molecule has 60 valence electrons. The van der Waals surface area contributed by atoms with Crippen LogP contribution in [0.3, 0.4) is 0 Å². The van der Waals surface area contributed by atoms with Gasteiger partial charge in [-0.1, -0.05) is 0 Å². The van der Waals surface area contributed by atoms with E-state index in [1.165, 1.54) is 0 Å². The molecule has 0 aromatic carbocycles. The summed E-state index contributed by atoms with van der Waals surface area (Å²) in [6.45, 7) is 0. The summed E-state index contributed by atoms with van der Waals surface area (Å²) < 4.78 is 46.0. The van der Waals surface area contributed by atoms with Gasteiger partial charge in [-0.05, 0) is 28.0 Å².